The molecule has 2 heterocycles. The highest BCUT2D eigenvalue weighted by molar-refractivity contribution is 7.89. The van der Waals surface area contributed by atoms with Crippen LogP contribution in [0.15, 0.2) is 32.7 Å². The number of hydrogen-bond donors (Lipinski definition) is 1. The smallest absolute Gasteiger partial charge is 0.330 e. The molecule has 1 amide bonds. The Bertz CT molecular complexity index is 1200. The quantitative estimate of drug-likeness (QED) is 0.530. The Morgan fingerprint density at radius 3 is 2.52 bits per heavy atom. The summed E-state index contributed by atoms with van der Waals surface area (Å²) in [6, 6.07) is 3.98. The summed E-state index contributed by atoms with van der Waals surface area (Å²) in [5, 5.41) is 2.83. The summed E-state index contributed by atoms with van der Waals surface area (Å²) in [4.78, 5) is 38.7. The standard InChI is InChI=1S/C19H27N5O6S/c1-21(13-17(25)20-6-7-24-8-10-30-11-9-24)31(28,29)14-4-5-16-15(12-14)18(26)23(3)19(27)22(16)2/h4-5,12H,6-11,13H2,1-3H3,(H,20,25). The van der Waals surface area contributed by atoms with E-state index >= 15 is 0 Å². The number of nitrogens with zero attached hydrogens (tertiary/aromatic N) is 4. The van der Waals surface area contributed by atoms with Crippen molar-refractivity contribution in [1.29, 1.82) is 0 Å². The first kappa shape index (κ1) is 23.1. The molecule has 0 bridgehead atoms. The molecule has 12 heteroatoms. The first-order valence-corrected chi connectivity index (χ1v) is 11.3. The number of rotatable bonds is 7. The molecule has 170 valence electrons. The number of aromatic nitrogens is 2. The van der Waals surface area contributed by atoms with Crippen molar-refractivity contribution >= 4 is 26.8 Å². The Morgan fingerprint density at radius 1 is 1.16 bits per heavy atom. The highest BCUT2D eigenvalue weighted by atomic mass is 32.2. The molecular weight excluding hydrogens is 426 g/mol. The molecule has 31 heavy (non-hydrogen) atoms. The summed E-state index contributed by atoms with van der Waals surface area (Å²) >= 11 is 0. The highest BCUT2D eigenvalue weighted by Crippen LogP contribution is 2.18. The minimum atomic E-state index is -4.01. The minimum Gasteiger partial charge on any atom is -0.379 e. The van der Waals surface area contributed by atoms with E-state index in [1.165, 1.54) is 43.9 Å². The third-order valence-corrected chi connectivity index (χ3v) is 7.17. The van der Waals surface area contributed by atoms with Crippen molar-refractivity contribution in [3.8, 4) is 0 Å². The number of aryl methyl sites for hydroxylation is 1. The zero-order valence-corrected chi connectivity index (χ0v) is 18.6. The summed E-state index contributed by atoms with van der Waals surface area (Å²) < 4.78 is 34.3. The third-order valence-electron chi connectivity index (χ3n) is 5.37. The third kappa shape index (κ3) is 4.87. The topological polar surface area (TPSA) is 123 Å². The molecule has 1 saturated heterocycles. The van der Waals surface area contributed by atoms with Crippen molar-refractivity contribution < 1.29 is 17.9 Å². The number of ether oxygens (including phenoxy) is 1. The molecule has 1 aromatic carbocycles. The molecule has 1 aliphatic rings. The maximum absolute atomic E-state index is 12.9. The largest absolute Gasteiger partial charge is 0.379 e. The lowest BCUT2D eigenvalue weighted by atomic mass is 10.2. The molecule has 1 aliphatic heterocycles. The van der Waals surface area contributed by atoms with Crippen molar-refractivity contribution in [3.05, 3.63) is 39.0 Å². The zero-order valence-electron chi connectivity index (χ0n) is 17.8. The van der Waals surface area contributed by atoms with Gasteiger partial charge in [-0.1, -0.05) is 0 Å². The second-order valence-corrected chi connectivity index (χ2v) is 9.49. The van der Waals surface area contributed by atoms with Gasteiger partial charge in [0, 0.05) is 47.3 Å². The van der Waals surface area contributed by atoms with E-state index in [4.69, 9.17) is 4.74 Å². The number of carbonyl (C=O) groups is 1. The van der Waals surface area contributed by atoms with Crippen LogP contribution in [0.4, 0.5) is 0 Å². The van der Waals surface area contributed by atoms with Crippen molar-refractivity contribution in [1.82, 2.24) is 23.7 Å². The van der Waals surface area contributed by atoms with E-state index in [-0.39, 0.29) is 16.8 Å². The Balaban J connectivity index is 1.71. The van der Waals surface area contributed by atoms with Gasteiger partial charge in [-0.3, -0.25) is 23.6 Å². The molecule has 1 N–H and O–H groups in total. The van der Waals surface area contributed by atoms with Crippen LogP contribution in [0.3, 0.4) is 0 Å². The Labute approximate surface area is 179 Å². The van der Waals surface area contributed by atoms with E-state index in [0.29, 0.717) is 31.8 Å². The highest BCUT2D eigenvalue weighted by Gasteiger charge is 2.24. The molecule has 11 nitrogen and oxygen atoms in total. The van der Waals surface area contributed by atoms with Gasteiger partial charge in [-0.15, -0.1) is 0 Å². The molecule has 0 saturated carbocycles. The number of fused-ring (bicyclic) bond motifs is 1. The fourth-order valence-corrected chi connectivity index (χ4v) is 4.59. The summed E-state index contributed by atoms with van der Waals surface area (Å²) in [6.45, 7) is 3.66. The van der Waals surface area contributed by atoms with Gasteiger partial charge in [0.25, 0.3) is 5.56 Å². The zero-order chi connectivity index (χ0) is 22.8. The Kier molecular flexibility index (Phi) is 6.94. The lowest BCUT2D eigenvalue weighted by Crippen LogP contribution is -2.43. The van der Waals surface area contributed by atoms with Crippen molar-refractivity contribution in [3.63, 3.8) is 0 Å². The van der Waals surface area contributed by atoms with E-state index in [9.17, 15) is 22.8 Å². The molecule has 0 aliphatic carbocycles. The summed E-state index contributed by atoms with van der Waals surface area (Å²) in [5.41, 5.74) is -0.756. The first-order chi connectivity index (χ1) is 14.6. The van der Waals surface area contributed by atoms with Gasteiger partial charge in [0.1, 0.15) is 0 Å². The fourth-order valence-electron chi connectivity index (χ4n) is 3.44. The maximum atomic E-state index is 12.9. The average Bonchev–Trinajstić information content (AvgIpc) is 2.76. The predicted molar refractivity (Wildman–Crippen MR) is 115 cm³/mol. The number of amides is 1. The fraction of sp³-hybridized carbons (Fsp3) is 0.526. The maximum Gasteiger partial charge on any atom is 0.330 e. The first-order valence-electron chi connectivity index (χ1n) is 9.86. The van der Waals surface area contributed by atoms with Gasteiger partial charge >= 0.3 is 5.69 Å². The van der Waals surface area contributed by atoms with Gasteiger partial charge in [-0.05, 0) is 18.2 Å². The van der Waals surface area contributed by atoms with Crippen LogP contribution >= 0.6 is 0 Å². The number of hydrogen-bond acceptors (Lipinski definition) is 7. The molecular formula is C19H27N5O6S. The van der Waals surface area contributed by atoms with Gasteiger partial charge in [-0.2, -0.15) is 4.31 Å². The van der Waals surface area contributed by atoms with Crippen LogP contribution < -0.4 is 16.6 Å². The summed E-state index contributed by atoms with van der Waals surface area (Å²) in [5.74, 6) is -0.418. The van der Waals surface area contributed by atoms with Gasteiger partial charge in [0.15, 0.2) is 0 Å². The van der Waals surface area contributed by atoms with E-state index in [1.54, 1.807) is 0 Å². The number of nitrogens with one attached hydrogen (secondary N) is 1. The molecule has 3 rings (SSSR count). The van der Waals surface area contributed by atoms with Crippen LogP contribution in [0.1, 0.15) is 0 Å². The van der Waals surface area contributed by atoms with Crippen LogP contribution in [0.2, 0.25) is 0 Å². The van der Waals surface area contributed by atoms with Crippen molar-refractivity contribution in [2.24, 2.45) is 14.1 Å². The van der Waals surface area contributed by atoms with Gasteiger partial charge in [0.05, 0.1) is 35.6 Å². The summed E-state index contributed by atoms with van der Waals surface area (Å²) in [6.07, 6.45) is 0. The van der Waals surface area contributed by atoms with Gasteiger partial charge in [-0.25, -0.2) is 13.2 Å². The van der Waals surface area contributed by atoms with E-state index < -0.39 is 27.2 Å². The summed E-state index contributed by atoms with van der Waals surface area (Å²) in [7, 11) is 0.130. The molecule has 2 aromatic rings. The van der Waals surface area contributed by atoms with Gasteiger partial charge < -0.3 is 10.1 Å². The molecule has 0 atom stereocenters. The second-order valence-electron chi connectivity index (χ2n) is 7.45. The monoisotopic (exact) mass is 453 g/mol. The Morgan fingerprint density at radius 2 is 1.84 bits per heavy atom. The van der Waals surface area contributed by atoms with Gasteiger partial charge in [0.2, 0.25) is 15.9 Å². The van der Waals surface area contributed by atoms with Crippen molar-refractivity contribution in [2.45, 2.75) is 4.90 Å². The molecule has 0 unspecified atom stereocenters. The lowest BCUT2D eigenvalue weighted by molar-refractivity contribution is -0.121. The van der Waals surface area contributed by atoms with Crippen molar-refractivity contribution in [2.75, 3.05) is 53.0 Å². The van der Waals surface area contributed by atoms with E-state index in [2.05, 4.69) is 10.2 Å². The molecule has 1 aromatic heterocycles. The molecule has 0 radical (unpaired) electrons. The average molecular weight is 454 g/mol. The second kappa shape index (κ2) is 9.30. The van der Waals surface area contributed by atoms with Crippen LogP contribution in [0.25, 0.3) is 10.9 Å². The SMILES string of the molecule is CN(CC(=O)NCCN1CCOCC1)S(=O)(=O)c1ccc2c(c1)c(=O)n(C)c(=O)n2C. The number of morpholine rings is 1. The number of carbonyl (C=O) groups excluding carboxylic acids is 1. The van der Waals surface area contributed by atoms with Crippen LogP contribution in [-0.4, -0.2) is 85.6 Å². The minimum absolute atomic E-state index is 0.106. The van der Waals surface area contributed by atoms with Crippen LogP contribution in [-0.2, 0) is 33.7 Å². The number of benzene rings is 1. The normalized spacial score (nSPS) is 15.5. The van der Waals surface area contributed by atoms with E-state index in [1.807, 2.05) is 0 Å². The molecule has 1 fully saturated rings. The number of sulfonamides is 1. The predicted octanol–water partition coefficient (Wildman–Crippen LogP) is -1.69. The lowest BCUT2D eigenvalue weighted by Gasteiger charge is -2.26. The Hall–Kier alpha value is -2.54. The number of likely N-dealkylation sites (N-methyl/N-ethyl adjacent to an activating group) is 1. The van der Waals surface area contributed by atoms with Crippen LogP contribution in [0.5, 0.6) is 0 Å². The van der Waals surface area contributed by atoms with Crippen LogP contribution in [0, 0.1) is 0 Å². The molecule has 0 spiro atoms. The van der Waals surface area contributed by atoms with E-state index in [0.717, 1.165) is 22.0 Å².